The third-order valence-corrected chi connectivity index (χ3v) is 2.78. The SMILES string of the molecule is CO/N=C/[C@@H](CO)O[C@H](/C=N/OC)n1cnc2c(N)ncnc21. The number of aliphatic hydroxyl groups is 1. The maximum atomic E-state index is 9.36. The van der Waals surface area contributed by atoms with Crippen LogP contribution in [0, 0.1) is 0 Å². The summed E-state index contributed by atoms with van der Waals surface area (Å²) in [7, 11) is 2.79. The first-order chi connectivity index (χ1) is 11.2. The van der Waals surface area contributed by atoms with Crippen molar-refractivity contribution in [3.8, 4) is 0 Å². The molecule has 0 saturated heterocycles. The van der Waals surface area contributed by atoms with Crippen molar-refractivity contribution in [2.45, 2.75) is 12.3 Å². The molecule has 2 atom stereocenters. The minimum absolute atomic E-state index is 0.246. The Morgan fingerprint density at radius 1 is 1.26 bits per heavy atom. The number of aliphatic hydroxyl groups excluding tert-OH is 1. The van der Waals surface area contributed by atoms with Crippen molar-refractivity contribution < 1.29 is 19.5 Å². The molecule has 0 aliphatic heterocycles. The summed E-state index contributed by atoms with van der Waals surface area (Å²) in [6.07, 6.45) is 3.98. The lowest BCUT2D eigenvalue weighted by atomic mass is 10.4. The fourth-order valence-corrected chi connectivity index (χ4v) is 1.77. The lowest BCUT2D eigenvalue weighted by Crippen LogP contribution is -2.26. The van der Waals surface area contributed by atoms with Gasteiger partial charge in [-0.3, -0.25) is 4.57 Å². The largest absolute Gasteiger partial charge is 0.399 e. The molecular weight excluding hydrogens is 306 g/mol. The number of nitrogen functional groups attached to an aromatic ring is 1. The smallest absolute Gasteiger partial charge is 0.177 e. The number of ether oxygens (including phenoxy) is 1. The molecule has 2 heterocycles. The van der Waals surface area contributed by atoms with Gasteiger partial charge in [-0.25, -0.2) is 15.0 Å². The van der Waals surface area contributed by atoms with Gasteiger partial charge in [-0.2, -0.15) is 0 Å². The first-order valence-electron chi connectivity index (χ1n) is 6.53. The van der Waals surface area contributed by atoms with Crippen LogP contribution < -0.4 is 5.73 Å². The minimum Gasteiger partial charge on any atom is -0.399 e. The Hall–Kier alpha value is -2.79. The van der Waals surface area contributed by atoms with Crippen LogP contribution in [0.5, 0.6) is 0 Å². The number of nitrogens with two attached hydrogens (primary N) is 1. The van der Waals surface area contributed by atoms with Crippen LogP contribution in [0.2, 0.25) is 0 Å². The van der Waals surface area contributed by atoms with Gasteiger partial charge in [0.25, 0.3) is 0 Å². The highest BCUT2D eigenvalue weighted by molar-refractivity contribution is 5.82. The lowest BCUT2D eigenvalue weighted by molar-refractivity contribution is -0.00161. The predicted molar refractivity (Wildman–Crippen MR) is 81.7 cm³/mol. The Labute approximate surface area is 131 Å². The molecule has 0 unspecified atom stereocenters. The molecule has 0 radical (unpaired) electrons. The molecule has 0 amide bonds. The van der Waals surface area contributed by atoms with Crippen molar-refractivity contribution in [2.75, 3.05) is 26.6 Å². The number of imidazole rings is 1. The molecule has 0 saturated carbocycles. The van der Waals surface area contributed by atoms with Gasteiger partial charge in [-0.1, -0.05) is 10.3 Å². The highest BCUT2D eigenvalue weighted by atomic mass is 16.6. The summed E-state index contributed by atoms with van der Waals surface area (Å²) in [4.78, 5) is 21.4. The van der Waals surface area contributed by atoms with Gasteiger partial charge >= 0.3 is 0 Å². The molecule has 2 rings (SSSR count). The topological polar surface area (TPSA) is 142 Å². The zero-order chi connectivity index (χ0) is 16.7. The highest BCUT2D eigenvalue weighted by Gasteiger charge is 2.19. The van der Waals surface area contributed by atoms with Gasteiger partial charge in [0.15, 0.2) is 17.7 Å². The molecule has 0 aromatic carbocycles. The van der Waals surface area contributed by atoms with E-state index in [4.69, 9.17) is 10.5 Å². The van der Waals surface area contributed by atoms with E-state index in [2.05, 4.69) is 34.9 Å². The van der Waals surface area contributed by atoms with E-state index < -0.39 is 12.3 Å². The van der Waals surface area contributed by atoms with Crippen molar-refractivity contribution in [3.05, 3.63) is 12.7 Å². The second-order valence-electron chi connectivity index (χ2n) is 4.20. The maximum absolute atomic E-state index is 9.36. The average Bonchev–Trinajstić information content (AvgIpc) is 3.00. The second kappa shape index (κ2) is 8.00. The molecule has 0 aliphatic rings. The summed E-state index contributed by atoms with van der Waals surface area (Å²) in [5.41, 5.74) is 6.64. The number of hydrogen-bond acceptors (Lipinski definition) is 10. The first-order valence-corrected chi connectivity index (χ1v) is 6.53. The average molecular weight is 323 g/mol. The van der Waals surface area contributed by atoms with E-state index in [0.717, 1.165) is 0 Å². The number of hydrogen-bond donors (Lipinski definition) is 2. The summed E-state index contributed by atoms with van der Waals surface area (Å²) in [5, 5.41) is 16.6. The predicted octanol–water partition coefficient (Wildman–Crippen LogP) is -0.451. The molecule has 11 nitrogen and oxygen atoms in total. The van der Waals surface area contributed by atoms with E-state index in [1.165, 1.54) is 39.3 Å². The number of nitrogens with zero attached hydrogens (tertiary/aromatic N) is 6. The fourth-order valence-electron chi connectivity index (χ4n) is 1.77. The van der Waals surface area contributed by atoms with Crippen molar-refractivity contribution in [1.82, 2.24) is 19.5 Å². The van der Waals surface area contributed by atoms with Crippen LogP contribution >= 0.6 is 0 Å². The second-order valence-corrected chi connectivity index (χ2v) is 4.20. The highest BCUT2D eigenvalue weighted by Crippen LogP contribution is 2.19. The number of oxime groups is 2. The van der Waals surface area contributed by atoms with Gasteiger partial charge in [0.2, 0.25) is 0 Å². The number of anilines is 1. The van der Waals surface area contributed by atoms with Crippen LogP contribution in [0.15, 0.2) is 23.0 Å². The maximum Gasteiger partial charge on any atom is 0.177 e. The third-order valence-electron chi connectivity index (χ3n) is 2.78. The molecule has 0 aliphatic carbocycles. The summed E-state index contributed by atoms with van der Waals surface area (Å²) in [6, 6.07) is 0. The van der Waals surface area contributed by atoms with E-state index in [-0.39, 0.29) is 12.4 Å². The van der Waals surface area contributed by atoms with Crippen LogP contribution in [-0.4, -0.2) is 64.0 Å². The summed E-state index contributed by atoms with van der Waals surface area (Å²) >= 11 is 0. The van der Waals surface area contributed by atoms with E-state index in [0.29, 0.717) is 11.2 Å². The molecule has 3 N–H and O–H groups in total. The van der Waals surface area contributed by atoms with Crippen molar-refractivity contribution in [3.63, 3.8) is 0 Å². The Morgan fingerprint density at radius 2 is 2.00 bits per heavy atom. The first kappa shape index (κ1) is 16.6. The van der Waals surface area contributed by atoms with Crippen LogP contribution in [-0.2, 0) is 14.4 Å². The monoisotopic (exact) mass is 323 g/mol. The molecule has 23 heavy (non-hydrogen) atoms. The Balaban J connectivity index is 2.35. The number of aromatic nitrogens is 4. The Kier molecular flexibility index (Phi) is 5.77. The number of fused-ring (bicyclic) bond motifs is 1. The Bertz CT molecular complexity index is 687. The molecule has 0 spiro atoms. The molecule has 0 bridgehead atoms. The molecule has 2 aromatic heterocycles. The molecule has 0 fully saturated rings. The zero-order valence-corrected chi connectivity index (χ0v) is 12.6. The lowest BCUT2D eigenvalue weighted by Gasteiger charge is -2.19. The normalized spacial score (nSPS) is 14.6. The van der Waals surface area contributed by atoms with Gasteiger partial charge in [0.05, 0.1) is 25.4 Å². The Morgan fingerprint density at radius 3 is 2.70 bits per heavy atom. The van der Waals surface area contributed by atoms with Gasteiger partial charge < -0.3 is 25.3 Å². The quantitative estimate of drug-likeness (QED) is 0.491. The molecular formula is C12H17N7O4. The van der Waals surface area contributed by atoms with Crippen molar-refractivity contribution in [1.29, 1.82) is 0 Å². The van der Waals surface area contributed by atoms with E-state index in [1.54, 1.807) is 4.57 Å². The molecule has 124 valence electrons. The van der Waals surface area contributed by atoms with E-state index >= 15 is 0 Å². The number of rotatable bonds is 8. The van der Waals surface area contributed by atoms with Crippen LogP contribution in [0.4, 0.5) is 5.82 Å². The van der Waals surface area contributed by atoms with E-state index in [1.807, 2.05) is 0 Å². The van der Waals surface area contributed by atoms with Crippen molar-refractivity contribution >= 4 is 29.4 Å². The standard InChI is InChI=1S/C12H17N7O4/c1-21-17-3-8(5-20)23-9(4-18-22-2)19-7-16-10-11(13)14-6-15-12(10)19/h3-4,6-9,20H,5H2,1-2H3,(H2,13,14,15)/b17-3+,18-4+/t8-,9+/m0/s1. The summed E-state index contributed by atoms with van der Waals surface area (Å²) in [6.45, 7) is -0.312. The van der Waals surface area contributed by atoms with Crippen molar-refractivity contribution in [2.24, 2.45) is 10.3 Å². The van der Waals surface area contributed by atoms with Gasteiger partial charge in [-0.15, -0.1) is 0 Å². The van der Waals surface area contributed by atoms with Gasteiger partial charge in [-0.05, 0) is 0 Å². The minimum atomic E-state index is -0.769. The fraction of sp³-hybridized carbons (Fsp3) is 0.417. The van der Waals surface area contributed by atoms with E-state index in [9.17, 15) is 5.11 Å². The summed E-state index contributed by atoms with van der Waals surface area (Å²) < 4.78 is 7.28. The zero-order valence-electron chi connectivity index (χ0n) is 12.6. The third kappa shape index (κ3) is 3.90. The molecule has 2 aromatic rings. The van der Waals surface area contributed by atoms with Crippen LogP contribution in [0.3, 0.4) is 0 Å². The molecule has 11 heteroatoms. The van der Waals surface area contributed by atoms with Crippen LogP contribution in [0.1, 0.15) is 6.23 Å². The summed E-state index contributed by atoms with van der Waals surface area (Å²) in [5.74, 6) is 0.246. The van der Waals surface area contributed by atoms with Gasteiger partial charge in [0, 0.05) is 0 Å². The van der Waals surface area contributed by atoms with Crippen LogP contribution in [0.25, 0.3) is 11.2 Å². The van der Waals surface area contributed by atoms with Gasteiger partial charge in [0.1, 0.15) is 32.2 Å².